The first-order valence-electron chi connectivity index (χ1n) is 11.6. The van der Waals surface area contributed by atoms with Crippen molar-refractivity contribution in [2.24, 2.45) is 5.16 Å². The van der Waals surface area contributed by atoms with Crippen molar-refractivity contribution in [1.29, 1.82) is 0 Å². The van der Waals surface area contributed by atoms with E-state index in [2.05, 4.69) is 15.5 Å². The Kier molecular flexibility index (Phi) is 7.10. The van der Waals surface area contributed by atoms with E-state index in [9.17, 15) is 33.9 Å². The van der Waals surface area contributed by atoms with Crippen molar-refractivity contribution in [3.8, 4) is 0 Å². The molecule has 2 atom stereocenters. The molecule has 3 aliphatic rings. The van der Waals surface area contributed by atoms with Gasteiger partial charge in [-0.05, 0) is 35.8 Å². The Morgan fingerprint density at radius 1 is 1.28 bits per heavy atom. The molecule has 3 amide bonds. The number of allylic oxidation sites excluding steroid dienone is 1. The summed E-state index contributed by atoms with van der Waals surface area (Å²) in [5.41, 5.74) is 6.40. The number of nitrogens with two attached hydrogens (primary N) is 1. The van der Waals surface area contributed by atoms with Gasteiger partial charge in [-0.25, -0.2) is 14.2 Å². The van der Waals surface area contributed by atoms with Crippen molar-refractivity contribution in [1.82, 2.24) is 20.1 Å². The highest BCUT2D eigenvalue weighted by Crippen LogP contribution is 2.41. The standard InChI is InChI=1S/C24H21FN6O6S2/c25-14-3-1-11(2-4-14)8-30-6-5-12(20(30)33)7-13-9-38-22-17(21(34)31(22)18(13)23(35)36)28-19(32)16(29-37)15-10-39-24(26)27-15/h1-4,7,10,17,22,37H,5-6,8-9H2,(H2,26,27)(H,28,32)(H,35,36)/b12-7+,29-16-/t17-,22-/m1/s1. The molecule has 15 heteroatoms. The number of β-lactam (4-membered cyclic amide) rings is 1. The smallest absolute Gasteiger partial charge is 0.352 e. The number of fused-ring (bicyclic) bond motifs is 1. The third-order valence-corrected chi connectivity index (χ3v) is 8.39. The summed E-state index contributed by atoms with van der Waals surface area (Å²) in [5, 5.41) is 25.5. The van der Waals surface area contributed by atoms with E-state index in [0.29, 0.717) is 24.1 Å². The first kappa shape index (κ1) is 26.4. The van der Waals surface area contributed by atoms with Crippen LogP contribution >= 0.6 is 23.1 Å². The SMILES string of the molecule is Nc1nc(/C(=N/O)C(=O)N[C@@H]2C(=O)N3C(C(=O)O)=C(/C=C4\CCN(Cc5ccc(F)cc5)C4=O)CS[C@H]23)cs1. The van der Waals surface area contributed by atoms with E-state index in [4.69, 9.17) is 5.73 Å². The second-order valence-electron chi connectivity index (χ2n) is 8.83. The first-order valence-corrected chi connectivity index (χ1v) is 13.5. The summed E-state index contributed by atoms with van der Waals surface area (Å²) < 4.78 is 13.2. The molecule has 2 aromatic rings. The summed E-state index contributed by atoms with van der Waals surface area (Å²) in [4.78, 5) is 57.4. The van der Waals surface area contributed by atoms with E-state index in [-0.39, 0.29) is 40.5 Å². The Morgan fingerprint density at radius 2 is 2.03 bits per heavy atom. The van der Waals surface area contributed by atoms with Crippen molar-refractivity contribution in [2.45, 2.75) is 24.4 Å². The van der Waals surface area contributed by atoms with E-state index in [1.54, 1.807) is 17.0 Å². The molecule has 1 aromatic heterocycles. The second kappa shape index (κ2) is 10.5. The van der Waals surface area contributed by atoms with Gasteiger partial charge in [0.25, 0.3) is 11.8 Å². The van der Waals surface area contributed by atoms with Gasteiger partial charge in [-0.1, -0.05) is 17.3 Å². The zero-order chi connectivity index (χ0) is 27.8. The van der Waals surface area contributed by atoms with Crippen LogP contribution in [-0.2, 0) is 25.7 Å². The molecule has 2 saturated heterocycles. The molecule has 5 N–H and O–H groups in total. The number of hydrogen-bond acceptors (Lipinski definition) is 10. The maximum absolute atomic E-state index is 13.2. The van der Waals surface area contributed by atoms with Crippen molar-refractivity contribution < 1.29 is 33.9 Å². The van der Waals surface area contributed by atoms with E-state index in [1.165, 1.54) is 35.4 Å². The fraction of sp³-hybridized carbons (Fsp3) is 0.250. The average Bonchev–Trinajstić information content (AvgIpc) is 3.49. The van der Waals surface area contributed by atoms with E-state index < -0.39 is 34.9 Å². The number of aromatic nitrogens is 1. The lowest BCUT2D eigenvalue weighted by molar-refractivity contribution is -0.150. The molecule has 0 aliphatic carbocycles. The van der Waals surface area contributed by atoms with Gasteiger partial charge in [0.05, 0.1) is 0 Å². The maximum atomic E-state index is 13.2. The number of aliphatic carboxylic acids is 1. The zero-order valence-electron chi connectivity index (χ0n) is 20.0. The number of rotatable bonds is 7. The average molecular weight is 573 g/mol. The Bertz CT molecular complexity index is 1470. The number of carboxylic acids is 1. The van der Waals surface area contributed by atoms with Crippen molar-refractivity contribution in [2.75, 3.05) is 18.0 Å². The Balaban J connectivity index is 1.31. The fourth-order valence-electron chi connectivity index (χ4n) is 4.55. The molecule has 0 saturated carbocycles. The summed E-state index contributed by atoms with van der Waals surface area (Å²) >= 11 is 2.27. The van der Waals surface area contributed by atoms with Gasteiger partial charge >= 0.3 is 5.97 Å². The quantitative estimate of drug-likeness (QED) is 0.124. The Morgan fingerprint density at radius 3 is 2.67 bits per heavy atom. The molecule has 0 unspecified atom stereocenters. The third kappa shape index (κ3) is 4.97. The second-order valence-corrected chi connectivity index (χ2v) is 10.8. The number of halogens is 1. The Labute approximate surface area is 228 Å². The topological polar surface area (TPSA) is 179 Å². The highest BCUT2D eigenvalue weighted by molar-refractivity contribution is 8.00. The molecule has 202 valence electrons. The molecule has 12 nitrogen and oxygen atoms in total. The molecular formula is C24H21FN6O6S2. The van der Waals surface area contributed by atoms with Crippen LogP contribution in [0.5, 0.6) is 0 Å². The summed E-state index contributed by atoms with van der Waals surface area (Å²) in [6.07, 6.45) is 1.91. The number of carbonyl (C=O) groups excluding carboxylic acids is 3. The van der Waals surface area contributed by atoms with Gasteiger partial charge in [0.2, 0.25) is 5.91 Å². The molecule has 39 heavy (non-hydrogen) atoms. The number of benzene rings is 1. The number of hydrogen-bond donors (Lipinski definition) is 4. The van der Waals surface area contributed by atoms with Crippen LogP contribution < -0.4 is 11.1 Å². The molecule has 5 rings (SSSR count). The van der Waals surface area contributed by atoms with E-state index in [0.717, 1.165) is 21.8 Å². The molecule has 0 spiro atoms. The minimum Gasteiger partial charge on any atom is -0.477 e. The van der Waals surface area contributed by atoms with E-state index >= 15 is 0 Å². The van der Waals surface area contributed by atoms with E-state index in [1.807, 2.05) is 0 Å². The summed E-state index contributed by atoms with van der Waals surface area (Å²) in [6, 6.07) is 4.77. The monoisotopic (exact) mass is 572 g/mol. The molecule has 0 radical (unpaired) electrons. The van der Waals surface area contributed by atoms with Crippen LogP contribution in [0.4, 0.5) is 9.52 Å². The minimum absolute atomic E-state index is 0.0344. The number of likely N-dealkylation sites (tertiary alicyclic amines) is 1. The number of oxime groups is 1. The van der Waals surface area contributed by atoms with Gasteiger partial charge in [0.1, 0.15) is 28.6 Å². The molecule has 3 aliphatic heterocycles. The van der Waals surface area contributed by atoms with Crippen LogP contribution in [0, 0.1) is 5.82 Å². The van der Waals surface area contributed by atoms with Gasteiger partial charge in [0.15, 0.2) is 10.8 Å². The lowest BCUT2D eigenvalue weighted by Crippen LogP contribution is -2.71. The Hall–Kier alpha value is -4.24. The molecule has 0 bridgehead atoms. The van der Waals surface area contributed by atoms with Crippen molar-refractivity contribution in [3.63, 3.8) is 0 Å². The van der Waals surface area contributed by atoms with Crippen LogP contribution in [0.2, 0.25) is 0 Å². The fourth-order valence-corrected chi connectivity index (χ4v) is 6.40. The number of nitrogens with zero attached hydrogens (tertiary/aromatic N) is 4. The van der Waals surface area contributed by atoms with Gasteiger partial charge in [-0.2, -0.15) is 0 Å². The zero-order valence-corrected chi connectivity index (χ0v) is 21.7. The number of nitrogen functional groups attached to an aromatic ring is 1. The lowest BCUT2D eigenvalue weighted by atomic mass is 10.0. The van der Waals surface area contributed by atoms with Crippen LogP contribution in [0.25, 0.3) is 0 Å². The van der Waals surface area contributed by atoms with Gasteiger partial charge in [0, 0.05) is 29.8 Å². The number of thiazole rings is 1. The van der Waals surface area contributed by atoms with Crippen LogP contribution in [0.1, 0.15) is 17.7 Å². The highest BCUT2D eigenvalue weighted by atomic mass is 32.2. The predicted molar refractivity (Wildman–Crippen MR) is 139 cm³/mol. The maximum Gasteiger partial charge on any atom is 0.352 e. The highest BCUT2D eigenvalue weighted by Gasteiger charge is 2.54. The summed E-state index contributed by atoms with van der Waals surface area (Å²) in [6.45, 7) is 0.709. The van der Waals surface area contributed by atoms with Crippen LogP contribution in [-0.4, -0.2) is 78.2 Å². The van der Waals surface area contributed by atoms with Gasteiger partial charge in [-0.3, -0.25) is 19.3 Å². The summed E-state index contributed by atoms with van der Waals surface area (Å²) in [5.74, 6) is -3.31. The number of thioether (sulfide) groups is 1. The van der Waals surface area contributed by atoms with Crippen molar-refractivity contribution >= 4 is 57.6 Å². The molecule has 2 fully saturated rings. The number of nitrogens with one attached hydrogen (secondary N) is 1. The first-order chi connectivity index (χ1) is 18.7. The predicted octanol–water partition coefficient (Wildman–Crippen LogP) is 1.14. The van der Waals surface area contributed by atoms with Crippen LogP contribution in [0.3, 0.4) is 0 Å². The third-order valence-electron chi connectivity index (χ3n) is 6.41. The number of amides is 3. The lowest BCUT2D eigenvalue weighted by Gasteiger charge is -2.49. The van der Waals surface area contributed by atoms with Gasteiger partial charge in [-0.15, -0.1) is 23.1 Å². The molecule has 1 aromatic carbocycles. The number of anilines is 1. The normalized spacial score (nSPS) is 22.3. The minimum atomic E-state index is -1.34. The molecule has 4 heterocycles. The largest absolute Gasteiger partial charge is 0.477 e. The van der Waals surface area contributed by atoms with Crippen LogP contribution in [0.15, 0.2) is 57.7 Å². The molecular weight excluding hydrogens is 551 g/mol. The van der Waals surface area contributed by atoms with Gasteiger partial charge < -0.3 is 26.3 Å². The summed E-state index contributed by atoms with van der Waals surface area (Å²) in [7, 11) is 0. The number of carbonyl (C=O) groups is 4. The number of carboxylic acid groups (broad SMARTS) is 1. The van der Waals surface area contributed by atoms with Crippen molar-refractivity contribution in [3.05, 3.63) is 69.6 Å².